The topological polar surface area (TPSA) is 43.6 Å². The van der Waals surface area contributed by atoms with Crippen LogP contribution in [0.4, 0.5) is 0 Å². The van der Waals surface area contributed by atoms with Crippen molar-refractivity contribution in [1.29, 1.82) is 0 Å². The molecule has 4 atom stereocenters. The molecular formula is C9H14N4. The maximum Gasteiger partial charge on any atom is 0.138 e. The largest absolute Gasteiger partial charge is 0.229 e. The Kier molecular flexibility index (Phi) is 1.45. The van der Waals surface area contributed by atoms with Crippen LogP contribution in [0.3, 0.4) is 0 Å². The third kappa shape index (κ3) is 1.01. The van der Waals surface area contributed by atoms with Gasteiger partial charge in [0.25, 0.3) is 0 Å². The molecule has 0 radical (unpaired) electrons. The fraction of sp³-hybridized carbons (Fsp3) is 0.889. The van der Waals surface area contributed by atoms with Crippen LogP contribution in [0.5, 0.6) is 0 Å². The van der Waals surface area contributed by atoms with Gasteiger partial charge in [0.05, 0.1) is 6.04 Å². The minimum atomic E-state index is 0.505. The summed E-state index contributed by atoms with van der Waals surface area (Å²) in [5.74, 6) is 2.83. The maximum atomic E-state index is 3.96. The Morgan fingerprint density at radius 1 is 1.38 bits per heavy atom. The zero-order valence-corrected chi connectivity index (χ0v) is 7.80. The van der Waals surface area contributed by atoms with E-state index in [1.165, 1.54) is 19.3 Å². The summed E-state index contributed by atoms with van der Waals surface area (Å²) in [5.41, 5.74) is 0. The van der Waals surface area contributed by atoms with E-state index >= 15 is 0 Å². The molecular weight excluding hydrogens is 164 g/mol. The first kappa shape index (κ1) is 7.47. The molecule has 0 aromatic carbocycles. The molecule has 3 rings (SSSR count). The van der Waals surface area contributed by atoms with Crippen LogP contribution in [0.15, 0.2) is 6.33 Å². The summed E-state index contributed by atoms with van der Waals surface area (Å²) in [6.45, 7) is 2.24. The molecule has 1 aromatic rings. The Balaban J connectivity index is 1.74. The molecule has 2 unspecified atom stereocenters. The zero-order valence-electron chi connectivity index (χ0n) is 7.80. The van der Waals surface area contributed by atoms with Crippen molar-refractivity contribution in [2.75, 3.05) is 0 Å². The van der Waals surface area contributed by atoms with Gasteiger partial charge in [-0.25, -0.2) is 4.68 Å². The summed E-state index contributed by atoms with van der Waals surface area (Å²) in [5, 5.41) is 11.3. The van der Waals surface area contributed by atoms with Crippen molar-refractivity contribution >= 4 is 0 Å². The van der Waals surface area contributed by atoms with Gasteiger partial charge in [0.1, 0.15) is 6.33 Å². The van der Waals surface area contributed by atoms with Gasteiger partial charge in [-0.15, -0.1) is 5.10 Å². The molecule has 2 saturated carbocycles. The summed E-state index contributed by atoms with van der Waals surface area (Å²) in [4.78, 5) is 0. The highest BCUT2D eigenvalue weighted by atomic mass is 15.5. The SMILES string of the molecule is CC(C1[C@H]2CCC[C@@H]12)n1cnnn1. The lowest BCUT2D eigenvalue weighted by Crippen LogP contribution is -2.11. The predicted octanol–water partition coefficient (Wildman–Crippen LogP) is 1.28. The lowest BCUT2D eigenvalue weighted by molar-refractivity contribution is 0.376. The Morgan fingerprint density at radius 2 is 2.15 bits per heavy atom. The molecule has 4 nitrogen and oxygen atoms in total. The molecule has 0 saturated heterocycles. The second-order valence-electron chi connectivity index (χ2n) is 4.37. The first-order valence-corrected chi connectivity index (χ1v) is 5.10. The molecule has 2 aliphatic carbocycles. The van der Waals surface area contributed by atoms with Crippen molar-refractivity contribution in [2.24, 2.45) is 17.8 Å². The molecule has 0 spiro atoms. The van der Waals surface area contributed by atoms with Gasteiger partial charge in [-0.05, 0) is 47.9 Å². The Hall–Kier alpha value is -0.930. The highest BCUT2D eigenvalue weighted by molar-refractivity contribution is 5.03. The van der Waals surface area contributed by atoms with E-state index in [1.54, 1.807) is 6.33 Å². The number of fused-ring (bicyclic) bond motifs is 1. The van der Waals surface area contributed by atoms with Gasteiger partial charge in [0, 0.05) is 0 Å². The summed E-state index contributed by atoms with van der Waals surface area (Å²) in [7, 11) is 0. The van der Waals surface area contributed by atoms with Crippen molar-refractivity contribution in [2.45, 2.75) is 32.2 Å². The van der Waals surface area contributed by atoms with Gasteiger partial charge in [-0.1, -0.05) is 6.42 Å². The summed E-state index contributed by atoms with van der Waals surface area (Å²) in [6, 6.07) is 0.505. The Bertz CT molecular complexity index is 285. The molecule has 0 bridgehead atoms. The molecule has 2 aliphatic rings. The number of tetrazole rings is 1. The van der Waals surface area contributed by atoms with Gasteiger partial charge < -0.3 is 0 Å². The monoisotopic (exact) mass is 178 g/mol. The van der Waals surface area contributed by atoms with Crippen LogP contribution in [-0.4, -0.2) is 20.2 Å². The fourth-order valence-electron chi connectivity index (χ4n) is 3.12. The van der Waals surface area contributed by atoms with Crippen molar-refractivity contribution < 1.29 is 0 Å². The van der Waals surface area contributed by atoms with Gasteiger partial charge >= 0.3 is 0 Å². The molecule has 13 heavy (non-hydrogen) atoms. The van der Waals surface area contributed by atoms with Crippen molar-refractivity contribution in [3.8, 4) is 0 Å². The normalized spacial score (nSPS) is 38.7. The van der Waals surface area contributed by atoms with Gasteiger partial charge in [0.2, 0.25) is 0 Å². The molecule has 1 aromatic heterocycles. The predicted molar refractivity (Wildman–Crippen MR) is 46.8 cm³/mol. The first-order valence-electron chi connectivity index (χ1n) is 5.10. The summed E-state index contributed by atoms with van der Waals surface area (Å²) in [6.07, 6.45) is 6.04. The van der Waals surface area contributed by atoms with Crippen molar-refractivity contribution in [1.82, 2.24) is 20.2 Å². The lowest BCUT2D eigenvalue weighted by Gasteiger charge is -2.11. The number of hydrogen-bond acceptors (Lipinski definition) is 3. The van der Waals surface area contributed by atoms with Gasteiger partial charge in [-0.2, -0.15) is 0 Å². The third-order valence-corrected chi connectivity index (χ3v) is 3.81. The number of rotatable bonds is 2. The van der Waals surface area contributed by atoms with Crippen LogP contribution in [0.1, 0.15) is 32.2 Å². The zero-order chi connectivity index (χ0) is 8.84. The van der Waals surface area contributed by atoms with E-state index in [1.807, 2.05) is 4.68 Å². The van der Waals surface area contributed by atoms with Crippen molar-refractivity contribution in [3.63, 3.8) is 0 Å². The van der Waals surface area contributed by atoms with E-state index in [2.05, 4.69) is 22.4 Å². The van der Waals surface area contributed by atoms with Crippen molar-refractivity contribution in [3.05, 3.63) is 6.33 Å². The van der Waals surface area contributed by atoms with Crippen LogP contribution in [-0.2, 0) is 0 Å². The Labute approximate surface area is 77.3 Å². The number of aromatic nitrogens is 4. The first-order chi connectivity index (χ1) is 6.38. The van der Waals surface area contributed by atoms with Gasteiger partial charge in [-0.3, -0.25) is 0 Å². The van der Waals surface area contributed by atoms with Crippen LogP contribution < -0.4 is 0 Å². The average Bonchev–Trinajstić information content (AvgIpc) is 2.68. The van der Waals surface area contributed by atoms with E-state index < -0.39 is 0 Å². The third-order valence-electron chi connectivity index (χ3n) is 3.81. The minimum absolute atomic E-state index is 0.505. The molecule has 70 valence electrons. The molecule has 1 heterocycles. The quantitative estimate of drug-likeness (QED) is 0.685. The van der Waals surface area contributed by atoms with Crippen LogP contribution in [0.2, 0.25) is 0 Å². The molecule has 4 heteroatoms. The molecule has 0 amide bonds. The lowest BCUT2D eigenvalue weighted by atomic mass is 10.1. The minimum Gasteiger partial charge on any atom is -0.229 e. The number of hydrogen-bond donors (Lipinski definition) is 0. The van der Waals surface area contributed by atoms with E-state index in [0.29, 0.717) is 6.04 Å². The maximum absolute atomic E-state index is 3.96. The average molecular weight is 178 g/mol. The second-order valence-corrected chi connectivity index (χ2v) is 4.37. The van der Waals surface area contributed by atoms with Crippen LogP contribution in [0.25, 0.3) is 0 Å². The highest BCUT2D eigenvalue weighted by Gasteiger charge is 2.55. The summed E-state index contributed by atoms with van der Waals surface area (Å²) < 4.78 is 1.91. The van der Waals surface area contributed by atoms with Gasteiger partial charge in [0.15, 0.2) is 0 Å². The molecule has 0 N–H and O–H groups in total. The fourth-order valence-corrected chi connectivity index (χ4v) is 3.12. The van der Waals surface area contributed by atoms with Crippen LogP contribution >= 0.6 is 0 Å². The summed E-state index contributed by atoms with van der Waals surface area (Å²) >= 11 is 0. The highest BCUT2D eigenvalue weighted by Crippen LogP contribution is 2.61. The van der Waals surface area contributed by atoms with Crippen LogP contribution in [0, 0.1) is 17.8 Å². The van der Waals surface area contributed by atoms with E-state index in [9.17, 15) is 0 Å². The Morgan fingerprint density at radius 3 is 2.77 bits per heavy atom. The smallest absolute Gasteiger partial charge is 0.138 e. The van der Waals surface area contributed by atoms with E-state index in [-0.39, 0.29) is 0 Å². The standard InChI is InChI=1S/C9H14N4/c1-6(13-5-10-11-12-13)9-7-3-2-4-8(7)9/h5-9H,2-4H2,1H3/t6?,7-,8+,9?. The number of nitrogens with zero attached hydrogens (tertiary/aromatic N) is 4. The second kappa shape index (κ2) is 2.53. The van der Waals surface area contributed by atoms with E-state index in [4.69, 9.17) is 0 Å². The molecule has 2 fully saturated rings. The molecule has 0 aliphatic heterocycles. The van der Waals surface area contributed by atoms with E-state index in [0.717, 1.165) is 17.8 Å².